The van der Waals surface area contributed by atoms with Gasteiger partial charge in [-0.25, -0.2) is 0 Å². The quantitative estimate of drug-likeness (QED) is 0.718. The summed E-state index contributed by atoms with van der Waals surface area (Å²) in [5.41, 5.74) is 6.67. The minimum Gasteiger partial charge on any atom is -0.399 e. The van der Waals surface area contributed by atoms with Crippen LogP contribution in [0.3, 0.4) is 0 Å². The molecule has 1 aromatic rings. The highest BCUT2D eigenvalue weighted by Crippen LogP contribution is 2.28. The largest absolute Gasteiger partial charge is 0.399 e. The first-order valence-electron chi connectivity index (χ1n) is 7.06. The van der Waals surface area contributed by atoms with Crippen LogP contribution in [-0.4, -0.2) is 35.9 Å². The van der Waals surface area contributed by atoms with E-state index in [0.29, 0.717) is 16.5 Å². The van der Waals surface area contributed by atoms with E-state index in [4.69, 9.17) is 5.73 Å². The van der Waals surface area contributed by atoms with Gasteiger partial charge in [-0.3, -0.25) is 9.59 Å². The number of carbonyl (C=O) groups is 2. The first-order valence-corrected chi connectivity index (χ1v) is 8.35. The Balaban J connectivity index is 1.78. The first-order chi connectivity index (χ1) is 10.1. The maximum Gasteiger partial charge on any atom is 0.251 e. The van der Waals surface area contributed by atoms with Crippen LogP contribution in [0.1, 0.15) is 29.6 Å². The number of rotatable bonds is 5. The van der Waals surface area contributed by atoms with Gasteiger partial charge in [-0.15, -0.1) is 0 Å². The van der Waals surface area contributed by atoms with E-state index in [-0.39, 0.29) is 24.4 Å². The molecule has 2 unspecified atom stereocenters. The lowest BCUT2D eigenvalue weighted by molar-refractivity contribution is -0.120. The molecule has 2 rings (SSSR count). The van der Waals surface area contributed by atoms with Crippen molar-refractivity contribution >= 4 is 29.3 Å². The van der Waals surface area contributed by atoms with Crippen LogP contribution in [0.4, 0.5) is 5.69 Å². The number of nitrogen functional groups attached to an aromatic ring is 1. The van der Waals surface area contributed by atoms with E-state index in [1.54, 1.807) is 36.0 Å². The second kappa shape index (κ2) is 7.36. The number of hydrogen-bond acceptors (Lipinski definition) is 4. The van der Waals surface area contributed by atoms with E-state index in [2.05, 4.69) is 16.9 Å². The minimum absolute atomic E-state index is 0.000804. The average molecular weight is 307 g/mol. The lowest BCUT2D eigenvalue weighted by Crippen LogP contribution is -2.44. The molecule has 0 aliphatic heterocycles. The highest BCUT2D eigenvalue weighted by molar-refractivity contribution is 7.99. The molecular formula is C15H21N3O2S. The number of nitrogens with one attached hydrogen (secondary N) is 2. The summed E-state index contributed by atoms with van der Waals surface area (Å²) in [5.74, 6) is -0.400. The van der Waals surface area contributed by atoms with Gasteiger partial charge in [-0.05, 0) is 43.4 Å². The van der Waals surface area contributed by atoms with Crippen molar-refractivity contribution in [2.24, 2.45) is 0 Å². The van der Waals surface area contributed by atoms with Crippen LogP contribution < -0.4 is 16.4 Å². The molecule has 2 amide bonds. The molecule has 0 radical (unpaired) electrons. The Bertz CT molecular complexity index is 504. The van der Waals surface area contributed by atoms with Gasteiger partial charge in [0.2, 0.25) is 5.91 Å². The topological polar surface area (TPSA) is 84.2 Å². The molecule has 114 valence electrons. The van der Waals surface area contributed by atoms with Gasteiger partial charge in [0.15, 0.2) is 0 Å². The lowest BCUT2D eigenvalue weighted by atomic mass is 10.2. The Morgan fingerprint density at radius 1 is 1.29 bits per heavy atom. The molecule has 0 saturated heterocycles. The van der Waals surface area contributed by atoms with Gasteiger partial charge in [0.05, 0.1) is 6.54 Å². The summed E-state index contributed by atoms with van der Waals surface area (Å²) in [6.45, 7) is 0.000804. The standard InChI is InChI=1S/C15H21N3O2S/c1-21-13-4-2-3-12(13)18-14(19)9-17-15(20)10-5-7-11(16)8-6-10/h5-8,12-13H,2-4,9,16H2,1H3,(H,17,20)(H,18,19). The van der Waals surface area contributed by atoms with Crippen molar-refractivity contribution in [1.29, 1.82) is 0 Å². The maximum absolute atomic E-state index is 11.9. The summed E-state index contributed by atoms with van der Waals surface area (Å²) in [4.78, 5) is 23.8. The van der Waals surface area contributed by atoms with Crippen LogP contribution in [0.25, 0.3) is 0 Å². The van der Waals surface area contributed by atoms with E-state index < -0.39 is 0 Å². The van der Waals surface area contributed by atoms with Gasteiger partial charge in [-0.1, -0.05) is 6.42 Å². The lowest BCUT2D eigenvalue weighted by Gasteiger charge is -2.19. The number of amides is 2. The zero-order valence-electron chi connectivity index (χ0n) is 12.1. The van der Waals surface area contributed by atoms with Gasteiger partial charge in [-0.2, -0.15) is 11.8 Å². The number of nitrogens with two attached hydrogens (primary N) is 1. The molecule has 1 saturated carbocycles. The summed E-state index contributed by atoms with van der Waals surface area (Å²) in [7, 11) is 0. The smallest absolute Gasteiger partial charge is 0.251 e. The van der Waals surface area contributed by atoms with E-state index >= 15 is 0 Å². The number of benzene rings is 1. The minimum atomic E-state index is -0.266. The summed E-state index contributed by atoms with van der Waals surface area (Å²) < 4.78 is 0. The predicted octanol–water partition coefficient (Wildman–Crippen LogP) is 1.40. The van der Waals surface area contributed by atoms with Crippen LogP contribution in [0.15, 0.2) is 24.3 Å². The Hall–Kier alpha value is -1.69. The summed E-state index contributed by atoms with van der Waals surface area (Å²) in [5, 5.41) is 6.12. The van der Waals surface area contributed by atoms with Crippen molar-refractivity contribution in [1.82, 2.24) is 10.6 Å². The van der Waals surface area contributed by atoms with Gasteiger partial charge >= 0.3 is 0 Å². The number of hydrogen-bond donors (Lipinski definition) is 3. The van der Waals surface area contributed by atoms with Gasteiger partial charge in [0, 0.05) is 22.5 Å². The normalized spacial score (nSPS) is 21.0. The molecule has 1 fully saturated rings. The molecule has 6 heteroatoms. The van der Waals surface area contributed by atoms with E-state index in [0.717, 1.165) is 19.3 Å². The fraction of sp³-hybridized carbons (Fsp3) is 0.467. The summed E-state index contributed by atoms with van der Waals surface area (Å²) in [6.07, 6.45) is 5.37. The average Bonchev–Trinajstić information content (AvgIpc) is 2.92. The molecule has 0 heterocycles. The van der Waals surface area contributed by atoms with E-state index in [1.165, 1.54) is 0 Å². The monoisotopic (exact) mass is 307 g/mol. The van der Waals surface area contributed by atoms with E-state index in [9.17, 15) is 9.59 Å². The first kappa shape index (κ1) is 15.7. The zero-order valence-corrected chi connectivity index (χ0v) is 12.9. The molecule has 1 aromatic carbocycles. The third-order valence-corrected chi connectivity index (χ3v) is 4.85. The van der Waals surface area contributed by atoms with Crippen molar-refractivity contribution in [3.8, 4) is 0 Å². The Labute approximate surface area is 129 Å². The molecule has 0 aromatic heterocycles. The van der Waals surface area contributed by atoms with Gasteiger partial charge in [0.1, 0.15) is 0 Å². The van der Waals surface area contributed by atoms with E-state index in [1.807, 2.05) is 0 Å². The van der Waals surface area contributed by atoms with Crippen LogP contribution in [0.2, 0.25) is 0 Å². The molecular weight excluding hydrogens is 286 g/mol. The van der Waals surface area contributed by atoms with Crippen LogP contribution in [0, 0.1) is 0 Å². The van der Waals surface area contributed by atoms with Gasteiger partial charge < -0.3 is 16.4 Å². The molecule has 0 spiro atoms. The Morgan fingerprint density at radius 3 is 2.67 bits per heavy atom. The Morgan fingerprint density at radius 2 is 2.00 bits per heavy atom. The number of carbonyl (C=O) groups excluding carboxylic acids is 2. The molecule has 1 aliphatic carbocycles. The fourth-order valence-electron chi connectivity index (χ4n) is 2.53. The highest BCUT2D eigenvalue weighted by Gasteiger charge is 2.27. The number of thioether (sulfide) groups is 1. The zero-order chi connectivity index (χ0) is 15.2. The van der Waals surface area contributed by atoms with Crippen molar-refractivity contribution in [3.63, 3.8) is 0 Å². The third-order valence-electron chi connectivity index (χ3n) is 3.68. The molecule has 4 N–H and O–H groups in total. The Kier molecular flexibility index (Phi) is 5.50. The molecule has 0 bridgehead atoms. The molecule has 21 heavy (non-hydrogen) atoms. The van der Waals surface area contributed by atoms with Crippen molar-refractivity contribution in [2.45, 2.75) is 30.6 Å². The molecule has 2 atom stereocenters. The van der Waals surface area contributed by atoms with Crippen LogP contribution in [-0.2, 0) is 4.79 Å². The van der Waals surface area contributed by atoms with Crippen molar-refractivity contribution in [3.05, 3.63) is 29.8 Å². The second-order valence-corrected chi connectivity index (χ2v) is 6.26. The van der Waals surface area contributed by atoms with Crippen LogP contribution >= 0.6 is 11.8 Å². The van der Waals surface area contributed by atoms with Crippen LogP contribution in [0.5, 0.6) is 0 Å². The fourth-order valence-corrected chi connectivity index (χ4v) is 3.46. The van der Waals surface area contributed by atoms with Gasteiger partial charge in [0.25, 0.3) is 5.91 Å². The SMILES string of the molecule is CSC1CCCC1NC(=O)CNC(=O)c1ccc(N)cc1. The van der Waals surface area contributed by atoms with Crippen molar-refractivity contribution < 1.29 is 9.59 Å². The highest BCUT2D eigenvalue weighted by atomic mass is 32.2. The predicted molar refractivity (Wildman–Crippen MR) is 86.3 cm³/mol. The second-order valence-electron chi connectivity index (χ2n) is 5.18. The molecule has 1 aliphatic rings. The summed E-state index contributed by atoms with van der Waals surface area (Å²) in [6, 6.07) is 6.83. The molecule has 5 nitrogen and oxygen atoms in total. The maximum atomic E-state index is 11.9. The summed E-state index contributed by atoms with van der Waals surface area (Å²) >= 11 is 1.79. The van der Waals surface area contributed by atoms with Crippen molar-refractivity contribution in [2.75, 3.05) is 18.5 Å². The third kappa shape index (κ3) is 4.39. The number of anilines is 1.